The maximum Gasteiger partial charge on any atom is 0.268 e. The summed E-state index contributed by atoms with van der Waals surface area (Å²) in [4.78, 5) is 18.4. The standard InChI is InChI=1S/C10H11N7O/c1-5(8-15-10(12)17-16-8)14-9(18)7-2-6(3-11)4-13-7/h2,4-5,13H,1H3,(H,14,18)(H3,12,15,16,17)/t5-/m1/s1. The summed E-state index contributed by atoms with van der Waals surface area (Å²) in [6.07, 6.45) is 1.46. The molecule has 0 aliphatic rings. The van der Waals surface area contributed by atoms with Gasteiger partial charge in [0.2, 0.25) is 5.95 Å². The van der Waals surface area contributed by atoms with Gasteiger partial charge >= 0.3 is 0 Å². The van der Waals surface area contributed by atoms with E-state index in [0.717, 1.165) is 0 Å². The Hall–Kier alpha value is -2.82. The third-order valence-corrected chi connectivity index (χ3v) is 2.33. The first-order chi connectivity index (χ1) is 8.60. The number of aromatic nitrogens is 4. The molecule has 0 aliphatic carbocycles. The number of H-pyrrole nitrogens is 2. The Morgan fingerprint density at radius 3 is 3.00 bits per heavy atom. The minimum Gasteiger partial charge on any atom is -0.367 e. The van der Waals surface area contributed by atoms with E-state index in [1.807, 2.05) is 6.07 Å². The molecule has 0 bridgehead atoms. The van der Waals surface area contributed by atoms with E-state index >= 15 is 0 Å². The lowest BCUT2D eigenvalue weighted by Gasteiger charge is -2.09. The second kappa shape index (κ2) is 4.58. The number of nitrogens with zero attached hydrogens (tertiary/aromatic N) is 3. The first-order valence-electron chi connectivity index (χ1n) is 5.17. The number of nitrogens with two attached hydrogens (primary N) is 1. The highest BCUT2D eigenvalue weighted by Gasteiger charge is 2.15. The fourth-order valence-corrected chi connectivity index (χ4v) is 1.41. The summed E-state index contributed by atoms with van der Waals surface area (Å²) >= 11 is 0. The van der Waals surface area contributed by atoms with Crippen molar-refractivity contribution < 1.29 is 4.79 Å². The molecule has 0 aromatic carbocycles. The number of anilines is 1. The van der Waals surface area contributed by atoms with Crippen LogP contribution in [0.1, 0.15) is 34.8 Å². The number of carbonyl (C=O) groups excluding carboxylic acids is 1. The molecule has 8 nitrogen and oxygen atoms in total. The van der Waals surface area contributed by atoms with Gasteiger partial charge in [-0.15, -0.1) is 5.10 Å². The van der Waals surface area contributed by atoms with E-state index in [1.165, 1.54) is 12.3 Å². The summed E-state index contributed by atoms with van der Waals surface area (Å²) in [6, 6.07) is 3.04. The fourth-order valence-electron chi connectivity index (χ4n) is 1.41. The molecular formula is C10H11N7O. The Morgan fingerprint density at radius 2 is 2.44 bits per heavy atom. The molecule has 0 spiro atoms. The highest BCUT2D eigenvalue weighted by molar-refractivity contribution is 5.93. The van der Waals surface area contributed by atoms with Crippen molar-refractivity contribution in [3.63, 3.8) is 0 Å². The van der Waals surface area contributed by atoms with E-state index < -0.39 is 0 Å². The number of nitrogens with one attached hydrogen (secondary N) is 3. The van der Waals surface area contributed by atoms with Crippen LogP contribution in [0.15, 0.2) is 12.3 Å². The SMILES string of the molecule is C[C@@H](NC(=O)c1cc(C#N)c[nH]1)c1nc(N)n[nH]1. The fraction of sp³-hybridized carbons (Fsp3) is 0.200. The zero-order valence-electron chi connectivity index (χ0n) is 9.56. The summed E-state index contributed by atoms with van der Waals surface area (Å²) in [7, 11) is 0. The summed E-state index contributed by atoms with van der Waals surface area (Å²) in [5.41, 5.74) is 6.08. The van der Waals surface area contributed by atoms with Crippen LogP contribution in [0, 0.1) is 11.3 Å². The van der Waals surface area contributed by atoms with Crippen molar-refractivity contribution >= 4 is 11.9 Å². The number of carbonyl (C=O) groups is 1. The van der Waals surface area contributed by atoms with Gasteiger partial charge in [0.15, 0.2) is 0 Å². The van der Waals surface area contributed by atoms with E-state index in [9.17, 15) is 4.79 Å². The Morgan fingerprint density at radius 1 is 1.67 bits per heavy atom. The lowest BCUT2D eigenvalue weighted by Crippen LogP contribution is -2.27. The van der Waals surface area contributed by atoms with Gasteiger partial charge < -0.3 is 16.0 Å². The molecule has 8 heteroatoms. The van der Waals surface area contributed by atoms with Crippen molar-refractivity contribution in [2.75, 3.05) is 5.73 Å². The molecule has 2 aromatic rings. The van der Waals surface area contributed by atoms with Crippen LogP contribution in [-0.4, -0.2) is 26.1 Å². The van der Waals surface area contributed by atoms with E-state index in [2.05, 4.69) is 25.5 Å². The monoisotopic (exact) mass is 245 g/mol. The van der Waals surface area contributed by atoms with Crippen LogP contribution in [0.4, 0.5) is 5.95 Å². The maximum absolute atomic E-state index is 11.8. The topological polar surface area (TPSA) is 136 Å². The minimum absolute atomic E-state index is 0.123. The number of nitrogen functional groups attached to an aromatic ring is 1. The van der Waals surface area contributed by atoms with E-state index in [4.69, 9.17) is 11.0 Å². The van der Waals surface area contributed by atoms with E-state index in [1.54, 1.807) is 6.92 Å². The molecule has 0 unspecified atom stereocenters. The molecule has 2 heterocycles. The lowest BCUT2D eigenvalue weighted by atomic mass is 10.3. The van der Waals surface area contributed by atoms with Crippen LogP contribution < -0.4 is 11.1 Å². The molecule has 5 N–H and O–H groups in total. The Kier molecular flexibility index (Phi) is 2.97. The predicted molar refractivity (Wildman–Crippen MR) is 62.2 cm³/mol. The number of aromatic amines is 2. The van der Waals surface area contributed by atoms with Crippen LogP contribution in [0.3, 0.4) is 0 Å². The molecule has 18 heavy (non-hydrogen) atoms. The van der Waals surface area contributed by atoms with Crippen molar-refractivity contribution in [3.8, 4) is 6.07 Å². The van der Waals surface area contributed by atoms with E-state index in [-0.39, 0.29) is 17.9 Å². The summed E-state index contributed by atoms with van der Waals surface area (Å²) in [6.45, 7) is 1.74. The Labute approximate surface area is 102 Å². The Bertz CT molecular complexity index is 606. The third kappa shape index (κ3) is 2.30. The minimum atomic E-state index is -0.365. The number of nitriles is 1. The van der Waals surface area contributed by atoms with Crippen molar-refractivity contribution in [1.82, 2.24) is 25.5 Å². The van der Waals surface area contributed by atoms with Gasteiger partial charge in [0.05, 0.1) is 11.6 Å². The lowest BCUT2D eigenvalue weighted by molar-refractivity contribution is 0.0934. The van der Waals surface area contributed by atoms with Crippen LogP contribution in [0.5, 0.6) is 0 Å². The predicted octanol–water partition coefficient (Wildman–Crippen LogP) is 0.0777. The normalized spacial score (nSPS) is 11.8. The summed E-state index contributed by atoms with van der Waals surface area (Å²) in [5.74, 6) is 0.254. The van der Waals surface area contributed by atoms with Crippen molar-refractivity contribution in [2.24, 2.45) is 0 Å². The third-order valence-electron chi connectivity index (χ3n) is 2.33. The molecule has 1 amide bonds. The summed E-state index contributed by atoms with van der Waals surface area (Å²) < 4.78 is 0. The summed E-state index contributed by atoms with van der Waals surface area (Å²) in [5, 5.41) is 17.6. The highest BCUT2D eigenvalue weighted by atomic mass is 16.1. The van der Waals surface area contributed by atoms with Crippen LogP contribution in [0.25, 0.3) is 0 Å². The molecule has 1 atom stereocenters. The number of amides is 1. The first-order valence-corrected chi connectivity index (χ1v) is 5.17. The van der Waals surface area contributed by atoms with Crippen molar-refractivity contribution in [2.45, 2.75) is 13.0 Å². The average Bonchev–Trinajstić information content (AvgIpc) is 2.97. The van der Waals surface area contributed by atoms with Crippen LogP contribution >= 0.6 is 0 Å². The Balaban J connectivity index is 2.05. The number of hydrogen-bond donors (Lipinski definition) is 4. The van der Waals surface area contributed by atoms with Gasteiger partial charge in [-0.05, 0) is 13.0 Å². The largest absolute Gasteiger partial charge is 0.367 e. The molecule has 0 fully saturated rings. The van der Waals surface area contributed by atoms with Crippen LogP contribution in [-0.2, 0) is 0 Å². The molecule has 0 saturated heterocycles. The van der Waals surface area contributed by atoms with Gasteiger partial charge in [-0.25, -0.2) is 0 Å². The van der Waals surface area contributed by atoms with Gasteiger partial charge in [-0.3, -0.25) is 9.89 Å². The number of rotatable bonds is 3. The smallest absolute Gasteiger partial charge is 0.268 e. The van der Waals surface area contributed by atoms with Gasteiger partial charge in [-0.2, -0.15) is 10.2 Å². The molecular weight excluding hydrogens is 234 g/mol. The van der Waals surface area contributed by atoms with E-state index in [0.29, 0.717) is 17.1 Å². The second-order valence-electron chi connectivity index (χ2n) is 3.69. The van der Waals surface area contributed by atoms with Gasteiger partial charge in [0.1, 0.15) is 17.6 Å². The molecule has 2 aromatic heterocycles. The van der Waals surface area contributed by atoms with Crippen molar-refractivity contribution in [3.05, 3.63) is 29.3 Å². The molecule has 0 radical (unpaired) electrons. The first kappa shape index (κ1) is 11.7. The van der Waals surface area contributed by atoms with Gasteiger partial charge in [-0.1, -0.05) is 0 Å². The molecule has 92 valence electrons. The highest BCUT2D eigenvalue weighted by Crippen LogP contribution is 2.09. The van der Waals surface area contributed by atoms with Crippen LogP contribution in [0.2, 0.25) is 0 Å². The average molecular weight is 245 g/mol. The maximum atomic E-state index is 11.8. The van der Waals surface area contributed by atoms with Gasteiger partial charge in [0, 0.05) is 6.20 Å². The molecule has 2 rings (SSSR count). The zero-order chi connectivity index (χ0) is 13.1. The molecule has 0 saturated carbocycles. The quantitative estimate of drug-likeness (QED) is 0.606. The molecule has 0 aliphatic heterocycles. The van der Waals surface area contributed by atoms with Crippen molar-refractivity contribution in [1.29, 1.82) is 5.26 Å². The van der Waals surface area contributed by atoms with Gasteiger partial charge in [0.25, 0.3) is 5.91 Å². The number of hydrogen-bond acceptors (Lipinski definition) is 5. The second-order valence-corrected chi connectivity index (χ2v) is 3.69. The zero-order valence-corrected chi connectivity index (χ0v) is 9.56.